The Kier molecular flexibility index (Phi) is 4.47. The van der Waals surface area contributed by atoms with Gasteiger partial charge in [-0.1, -0.05) is 11.6 Å². The molecule has 1 aliphatic rings. The molecule has 1 aliphatic heterocycles. The van der Waals surface area contributed by atoms with Crippen LogP contribution in [0.15, 0.2) is 30.9 Å². The van der Waals surface area contributed by atoms with E-state index in [0.717, 1.165) is 18.7 Å². The fraction of sp³-hybridized carbons (Fsp3) is 0.400. The van der Waals surface area contributed by atoms with E-state index in [1.807, 2.05) is 0 Å². The fourth-order valence-corrected chi connectivity index (χ4v) is 2.83. The summed E-state index contributed by atoms with van der Waals surface area (Å²) in [6.07, 6.45) is 3.75. The summed E-state index contributed by atoms with van der Waals surface area (Å²) >= 11 is 5.82. The van der Waals surface area contributed by atoms with Gasteiger partial charge in [-0.25, -0.2) is 14.1 Å². The van der Waals surface area contributed by atoms with Crippen molar-refractivity contribution >= 4 is 23.2 Å². The molecule has 6 nitrogen and oxygen atoms in total. The molecule has 2 atom stereocenters. The Bertz CT molecular complexity index is 693. The van der Waals surface area contributed by atoms with Crippen LogP contribution < -0.4 is 10.2 Å². The molecule has 122 valence electrons. The first-order valence-electron chi connectivity index (χ1n) is 7.39. The predicted molar refractivity (Wildman–Crippen MR) is 84.9 cm³/mol. The molecule has 2 heterocycles. The fourth-order valence-electron chi connectivity index (χ4n) is 2.65. The lowest BCUT2D eigenvalue weighted by Crippen LogP contribution is -2.40. The number of amides is 1. The third kappa shape index (κ3) is 3.44. The van der Waals surface area contributed by atoms with Gasteiger partial charge in [0.1, 0.15) is 24.5 Å². The van der Waals surface area contributed by atoms with Gasteiger partial charge in [0.25, 0.3) is 0 Å². The van der Waals surface area contributed by atoms with Gasteiger partial charge in [-0.15, -0.1) is 0 Å². The maximum atomic E-state index is 13.2. The highest BCUT2D eigenvalue weighted by Gasteiger charge is 2.26. The van der Waals surface area contributed by atoms with Crippen molar-refractivity contribution in [2.24, 2.45) is 0 Å². The molecular weight excluding hydrogens is 321 g/mol. The SMILES string of the molecule is CC(C(=O)NC1CCN(c2ccc(F)c(Cl)c2)C1)n1cncn1. The van der Waals surface area contributed by atoms with E-state index in [1.165, 1.54) is 23.4 Å². The van der Waals surface area contributed by atoms with Crippen molar-refractivity contribution in [3.8, 4) is 0 Å². The lowest BCUT2D eigenvalue weighted by atomic mass is 10.2. The van der Waals surface area contributed by atoms with E-state index in [4.69, 9.17) is 11.6 Å². The lowest BCUT2D eigenvalue weighted by Gasteiger charge is -2.20. The number of aromatic nitrogens is 3. The van der Waals surface area contributed by atoms with E-state index in [0.29, 0.717) is 6.54 Å². The molecule has 1 fully saturated rings. The smallest absolute Gasteiger partial charge is 0.244 e. The monoisotopic (exact) mass is 337 g/mol. The standard InChI is InChI=1S/C15H17ClFN5O/c1-10(22-9-18-8-19-22)15(23)20-11-4-5-21(7-11)12-2-3-14(17)13(16)6-12/h2-3,6,8-11H,4-5,7H2,1H3,(H,20,23). The number of carbonyl (C=O) groups is 1. The average molecular weight is 338 g/mol. The number of nitrogens with zero attached hydrogens (tertiary/aromatic N) is 4. The highest BCUT2D eigenvalue weighted by atomic mass is 35.5. The summed E-state index contributed by atoms with van der Waals surface area (Å²) in [5.41, 5.74) is 0.859. The summed E-state index contributed by atoms with van der Waals surface area (Å²) in [4.78, 5) is 18.2. The third-order valence-electron chi connectivity index (χ3n) is 4.02. The van der Waals surface area contributed by atoms with Crippen LogP contribution in [0.25, 0.3) is 0 Å². The Labute approximate surface area is 138 Å². The molecule has 3 rings (SSSR count). The van der Waals surface area contributed by atoms with Crippen molar-refractivity contribution in [3.05, 3.63) is 41.7 Å². The number of carbonyl (C=O) groups excluding carboxylic acids is 1. The quantitative estimate of drug-likeness (QED) is 0.927. The number of anilines is 1. The molecule has 0 spiro atoms. The molecule has 0 radical (unpaired) electrons. The van der Waals surface area contributed by atoms with Gasteiger partial charge in [0.2, 0.25) is 5.91 Å². The summed E-state index contributed by atoms with van der Waals surface area (Å²) in [5, 5.41) is 7.10. The normalized spacial score (nSPS) is 18.9. The number of halogens is 2. The molecule has 0 bridgehead atoms. The molecule has 8 heteroatoms. The molecule has 2 unspecified atom stereocenters. The minimum atomic E-state index is -0.430. The van der Waals surface area contributed by atoms with Crippen LogP contribution in [0.3, 0.4) is 0 Å². The van der Waals surface area contributed by atoms with Crippen molar-refractivity contribution in [2.45, 2.75) is 25.4 Å². The molecule has 23 heavy (non-hydrogen) atoms. The minimum Gasteiger partial charge on any atom is -0.369 e. The summed E-state index contributed by atoms with van der Waals surface area (Å²) in [6, 6.07) is 4.29. The zero-order valence-corrected chi connectivity index (χ0v) is 13.4. The second-order valence-electron chi connectivity index (χ2n) is 5.59. The van der Waals surface area contributed by atoms with Gasteiger partial charge in [0.15, 0.2) is 0 Å². The summed E-state index contributed by atoms with van der Waals surface area (Å²) in [7, 11) is 0. The largest absolute Gasteiger partial charge is 0.369 e. The highest BCUT2D eigenvalue weighted by Crippen LogP contribution is 2.25. The topological polar surface area (TPSA) is 63.1 Å². The molecule has 0 saturated carbocycles. The zero-order valence-electron chi connectivity index (χ0n) is 12.6. The Balaban J connectivity index is 1.59. The molecular formula is C15H17ClFN5O. The number of nitrogens with one attached hydrogen (secondary N) is 1. The maximum Gasteiger partial charge on any atom is 0.244 e. The van der Waals surface area contributed by atoms with Crippen molar-refractivity contribution in [1.29, 1.82) is 0 Å². The van der Waals surface area contributed by atoms with Crippen LogP contribution in [0.1, 0.15) is 19.4 Å². The van der Waals surface area contributed by atoms with Crippen LogP contribution in [0.5, 0.6) is 0 Å². The lowest BCUT2D eigenvalue weighted by molar-refractivity contribution is -0.124. The first kappa shape index (κ1) is 15.7. The van der Waals surface area contributed by atoms with E-state index < -0.39 is 11.9 Å². The molecule has 2 aromatic rings. The maximum absolute atomic E-state index is 13.2. The van der Waals surface area contributed by atoms with Gasteiger partial charge in [0.05, 0.1) is 5.02 Å². The minimum absolute atomic E-state index is 0.0392. The number of benzene rings is 1. The average Bonchev–Trinajstić information content (AvgIpc) is 3.20. The number of hydrogen-bond donors (Lipinski definition) is 1. The molecule has 0 aliphatic carbocycles. The van der Waals surface area contributed by atoms with E-state index in [1.54, 1.807) is 19.1 Å². The predicted octanol–water partition coefficient (Wildman–Crippen LogP) is 2.03. The van der Waals surface area contributed by atoms with E-state index in [-0.39, 0.29) is 17.0 Å². The van der Waals surface area contributed by atoms with Gasteiger partial charge in [-0.05, 0) is 31.5 Å². The third-order valence-corrected chi connectivity index (χ3v) is 4.31. The Morgan fingerprint density at radius 1 is 1.52 bits per heavy atom. The second kappa shape index (κ2) is 6.54. The molecule has 1 aromatic heterocycles. The van der Waals surface area contributed by atoms with Crippen LogP contribution >= 0.6 is 11.6 Å². The highest BCUT2D eigenvalue weighted by molar-refractivity contribution is 6.31. The first-order valence-corrected chi connectivity index (χ1v) is 7.77. The van der Waals surface area contributed by atoms with Gasteiger partial charge < -0.3 is 10.2 Å². The van der Waals surface area contributed by atoms with Gasteiger partial charge in [-0.2, -0.15) is 5.10 Å². The molecule has 1 N–H and O–H groups in total. The molecule has 1 amide bonds. The number of rotatable bonds is 4. The number of hydrogen-bond acceptors (Lipinski definition) is 4. The van der Waals surface area contributed by atoms with E-state index in [9.17, 15) is 9.18 Å². The Morgan fingerprint density at radius 3 is 3.04 bits per heavy atom. The van der Waals surface area contributed by atoms with Crippen molar-refractivity contribution in [1.82, 2.24) is 20.1 Å². The van der Waals surface area contributed by atoms with Crippen LogP contribution in [0.2, 0.25) is 5.02 Å². The van der Waals surface area contributed by atoms with Gasteiger partial charge >= 0.3 is 0 Å². The van der Waals surface area contributed by atoms with E-state index >= 15 is 0 Å². The van der Waals surface area contributed by atoms with Crippen LogP contribution in [-0.4, -0.2) is 39.8 Å². The zero-order chi connectivity index (χ0) is 16.4. The Morgan fingerprint density at radius 2 is 2.35 bits per heavy atom. The van der Waals surface area contributed by atoms with Crippen molar-refractivity contribution < 1.29 is 9.18 Å². The summed E-state index contributed by atoms with van der Waals surface area (Å²) in [5.74, 6) is -0.527. The van der Waals surface area contributed by atoms with Gasteiger partial charge in [0, 0.05) is 24.8 Å². The van der Waals surface area contributed by atoms with Crippen LogP contribution in [0.4, 0.5) is 10.1 Å². The van der Waals surface area contributed by atoms with Gasteiger partial charge in [-0.3, -0.25) is 4.79 Å². The van der Waals surface area contributed by atoms with Crippen LogP contribution in [-0.2, 0) is 4.79 Å². The van der Waals surface area contributed by atoms with Crippen molar-refractivity contribution in [2.75, 3.05) is 18.0 Å². The Hall–Kier alpha value is -2.15. The first-order chi connectivity index (χ1) is 11.0. The summed E-state index contributed by atoms with van der Waals surface area (Å²) < 4.78 is 14.8. The van der Waals surface area contributed by atoms with E-state index in [2.05, 4.69) is 20.3 Å². The van der Waals surface area contributed by atoms with Crippen LogP contribution in [0, 0.1) is 5.82 Å². The second-order valence-corrected chi connectivity index (χ2v) is 6.00. The van der Waals surface area contributed by atoms with Crippen molar-refractivity contribution in [3.63, 3.8) is 0 Å². The molecule has 1 saturated heterocycles. The summed E-state index contributed by atoms with van der Waals surface area (Å²) in [6.45, 7) is 3.22. The molecule has 1 aromatic carbocycles.